The largest absolute Gasteiger partial charge is 0.494 e. The lowest BCUT2D eigenvalue weighted by Gasteiger charge is -2.34. The quantitative estimate of drug-likeness (QED) is 0.511. The number of aliphatic imine (C=N–C) groups is 1. The van der Waals surface area contributed by atoms with Gasteiger partial charge >= 0.3 is 0 Å². The minimum Gasteiger partial charge on any atom is -0.494 e. The maximum atomic E-state index is 12.8. The summed E-state index contributed by atoms with van der Waals surface area (Å²) in [7, 11) is 0. The summed E-state index contributed by atoms with van der Waals surface area (Å²) >= 11 is 0. The summed E-state index contributed by atoms with van der Waals surface area (Å²) in [5, 5.41) is 17.5. The summed E-state index contributed by atoms with van der Waals surface area (Å²) in [5.41, 5.74) is 3.41. The number of nitrogens with one attached hydrogen (secondary N) is 1. The highest BCUT2D eigenvalue weighted by Gasteiger charge is 2.24. The van der Waals surface area contributed by atoms with Crippen molar-refractivity contribution < 1.29 is 14.7 Å². The van der Waals surface area contributed by atoms with Crippen molar-refractivity contribution in [3.63, 3.8) is 0 Å². The predicted octanol–water partition coefficient (Wildman–Crippen LogP) is 4.42. The van der Waals surface area contributed by atoms with Gasteiger partial charge in [-0.15, -0.1) is 0 Å². The maximum Gasteiger partial charge on any atom is 0.277 e. The average molecular weight is 479 g/mol. The summed E-state index contributed by atoms with van der Waals surface area (Å²) in [6.45, 7) is 9.79. The highest BCUT2D eigenvalue weighted by molar-refractivity contribution is 6.14. The van der Waals surface area contributed by atoms with Gasteiger partial charge in [-0.05, 0) is 57.7 Å². The Hall–Kier alpha value is -3.17. The third kappa shape index (κ3) is 4.70. The van der Waals surface area contributed by atoms with Crippen LogP contribution in [0.25, 0.3) is 10.9 Å². The summed E-state index contributed by atoms with van der Waals surface area (Å²) in [6, 6.07) is 6.33. The van der Waals surface area contributed by atoms with E-state index in [2.05, 4.69) is 28.8 Å². The number of benzene rings is 1. The van der Waals surface area contributed by atoms with Crippen molar-refractivity contribution in [1.29, 1.82) is 0 Å². The molecule has 0 atom stereocenters. The molecular weight excluding hydrogens is 444 g/mol. The van der Waals surface area contributed by atoms with Crippen molar-refractivity contribution in [1.82, 2.24) is 24.7 Å². The molecule has 3 aromatic rings. The number of amides is 1. The number of hydrogen-bond acceptors (Lipinski definition) is 6. The van der Waals surface area contributed by atoms with Crippen molar-refractivity contribution in [3.8, 4) is 5.88 Å². The number of carbonyl (C=O) groups excluding carboxylic acids is 1. The first-order chi connectivity index (χ1) is 16.9. The molecule has 1 aromatic carbocycles. The Balaban J connectivity index is 1.41. The first kappa shape index (κ1) is 23.6. The number of likely N-dealkylation sites (tertiary alicyclic amines) is 1. The van der Waals surface area contributed by atoms with Gasteiger partial charge in [0.25, 0.3) is 5.91 Å². The fourth-order valence-corrected chi connectivity index (χ4v) is 5.07. The Bertz CT molecular complexity index is 1230. The summed E-state index contributed by atoms with van der Waals surface area (Å²) in [6.07, 6.45) is 7.38. The van der Waals surface area contributed by atoms with Gasteiger partial charge in [0.2, 0.25) is 0 Å². The molecule has 0 unspecified atom stereocenters. The van der Waals surface area contributed by atoms with E-state index in [1.807, 2.05) is 29.9 Å². The molecule has 0 bridgehead atoms. The van der Waals surface area contributed by atoms with Crippen LogP contribution >= 0.6 is 0 Å². The SMILES string of the molecule is CCC(=Nc1cnn(C2CCN(C(C)C)CC2)c1)c1c(O)[nH]c2ccc(C(=O)N3CCCO3)cc12. The molecule has 2 fully saturated rings. The molecule has 4 heterocycles. The van der Waals surface area contributed by atoms with E-state index < -0.39 is 0 Å². The van der Waals surface area contributed by atoms with Crippen LogP contribution in [0.2, 0.25) is 0 Å². The van der Waals surface area contributed by atoms with E-state index in [1.54, 1.807) is 12.3 Å². The lowest BCUT2D eigenvalue weighted by molar-refractivity contribution is -0.0768. The third-order valence-corrected chi connectivity index (χ3v) is 7.08. The van der Waals surface area contributed by atoms with Gasteiger partial charge in [0.15, 0.2) is 5.88 Å². The monoisotopic (exact) mass is 478 g/mol. The highest BCUT2D eigenvalue weighted by Crippen LogP contribution is 2.32. The van der Waals surface area contributed by atoms with E-state index in [0.29, 0.717) is 42.8 Å². The van der Waals surface area contributed by atoms with Crippen molar-refractivity contribution in [2.24, 2.45) is 4.99 Å². The summed E-state index contributed by atoms with van der Waals surface area (Å²) < 4.78 is 2.03. The van der Waals surface area contributed by atoms with Crippen molar-refractivity contribution in [3.05, 3.63) is 41.7 Å². The molecule has 2 saturated heterocycles. The molecule has 1 amide bonds. The molecule has 2 N–H and O–H groups in total. The van der Waals surface area contributed by atoms with Gasteiger partial charge in [-0.1, -0.05) is 6.92 Å². The number of piperidine rings is 1. The molecule has 9 heteroatoms. The van der Waals surface area contributed by atoms with E-state index in [-0.39, 0.29) is 11.8 Å². The molecule has 35 heavy (non-hydrogen) atoms. The van der Waals surface area contributed by atoms with Crippen LogP contribution in [0.1, 0.15) is 68.4 Å². The second-order valence-corrected chi connectivity index (χ2v) is 9.65. The second-order valence-electron chi connectivity index (χ2n) is 9.65. The maximum absolute atomic E-state index is 12.8. The summed E-state index contributed by atoms with van der Waals surface area (Å²) in [5.74, 6) is -0.119. The zero-order valence-corrected chi connectivity index (χ0v) is 20.7. The predicted molar refractivity (Wildman–Crippen MR) is 135 cm³/mol. The smallest absolute Gasteiger partial charge is 0.277 e. The van der Waals surface area contributed by atoms with Crippen LogP contribution in [-0.2, 0) is 4.84 Å². The number of aromatic hydroxyl groups is 1. The molecule has 0 spiro atoms. The molecule has 2 aromatic heterocycles. The van der Waals surface area contributed by atoms with Crippen LogP contribution in [0.5, 0.6) is 5.88 Å². The minimum atomic E-state index is -0.171. The van der Waals surface area contributed by atoms with E-state index in [4.69, 9.17) is 9.83 Å². The number of fused-ring (bicyclic) bond motifs is 1. The minimum absolute atomic E-state index is 0.0519. The number of hydroxylamine groups is 2. The van der Waals surface area contributed by atoms with E-state index in [1.165, 1.54) is 5.06 Å². The molecule has 2 aliphatic heterocycles. The zero-order chi connectivity index (χ0) is 24.5. The van der Waals surface area contributed by atoms with Crippen LogP contribution in [0.15, 0.2) is 35.6 Å². The standard InChI is InChI=1S/C26H34N6O3/c1-4-22(28-19-15-27-31(16-19)20-8-11-30(12-9-20)17(2)3)24-21-14-18(6-7-23(21)29-25(24)33)26(34)32-10-5-13-35-32/h6-7,14-17,20,29,33H,4-5,8-13H2,1-3H3. The van der Waals surface area contributed by atoms with E-state index >= 15 is 0 Å². The zero-order valence-electron chi connectivity index (χ0n) is 20.7. The molecule has 2 aliphatic rings. The highest BCUT2D eigenvalue weighted by atomic mass is 16.7. The number of nitrogens with zero attached hydrogens (tertiary/aromatic N) is 5. The topological polar surface area (TPSA) is 99.0 Å². The Morgan fingerprint density at radius 1 is 1.29 bits per heavy atom. The fourth-order valence-electron chi connectivity index (χ4n) is 5.07. The molecule has 9 nitrogen and oxygen atoms in total. The number of H-pyrrole nitrogens is 1. The molecule has 0 aliphatic carbocycles. The lowest BCUT2D eigenvalue weighted by atomic mass is 10.0. The Kier molecular flexibility index (Phi) is 6.62. The summed E-state index contributed by atoms with van der Waals surface area (Å²) in [4.78, 5) is 28.7. The first-order valence-corrected chi connectivity index (χ1v) is 12.6. The lowest BCUT2D eigenvalue weighted by Crippen LogP contribution is -2.39. The Labute approximate surface area is 205 Å². The average Bonchev–Trinajstić information content (AvgIpc) is 3.62. The van der Waals surface area contributed by atoms with Gasteiger partial charge in [-0.25, -0.2) is 10.1 Å². The van der Waals surface area contributed by atoms with Crippen molar-refractivity contribution in [2.45, 2.75) is 58.5 Å². The van der Waals surface area contributed by atoms with E-state index in [0.717, 1.165) is 54.7 Å². The normalized spacial score (nSPS) is 18.3. The third-order valence-electron chi connectivity index (χ3n) is 7.08. The molecule has 5 rings (SSSR count). The van der Waals surface area contributed by atoms with Crippen LogP contribution in [0.4, 0.5) is 5.69 Å². The van der Waals surface area contributed by atoms with Crippen LogP contribution < -0.4 is 0 Å². The van der Waals surface area contributed by atoms with Crippen LogP contribution in [-0.4, -0.2) is 73.7 Å². The van der Waals surface area contributed by atoms with Gasteiger partial charge in [0.05, 0.1) is 42.9 Å². The Morgan fingerprint density at radius 2 is 2.09 bits per heavy atom. The Morgan fingerprint density at radius 3 is 2.77 bits per heavy atom. The van der Waals surface area contributed by atoms with Crippen LogP contribution in [0, 0.1) is 0 Å². The van der Waals surface area contributed by atoms with Gasteiger partial charge in [0.1, 0.15) is 5.69 Å². The number of carbonyl (C=O) groups is 1. The van der Waals surface area contributed by atoms with Gasteiger partial charge in [0, 0.05) is 35.6 Å². The first-order valence-electron chi connectivity index (χ1n) is 12.6. The number of aromatic amines is 1. The van der Waals surface area contributed by atoms with Gasteiger partial charge < -0.3 is 15.0 Å². The van der Waals surface area contributed by atoms with E-state index in [9.17, 15) is 9.90 Å². The van der Waals surface area contributed by atoms with Crippen molar-refractivity contribution in [2.75, 3.05) is 26.2 Å². The second kappa shape index (κ2) is 9.83. The molecule has 0 saturated carbocycles. The van der Waals surface area contributed by atoms with Crippen molar-refractivity contribution >= 4 is 28.2 Å². The number of rotatable bonds is 6. The molecule has 186 valence electrons. The number of hydrogen-bond donors (Lipinski definition) is 2. The van der Waals surface area contributed by atoms with Gasteiger partial charge in [-0.3, -0.25) is 14.3 Å². The van der Waals surface area contributed by atoms with Gasteiger partial charge in [-0.2, -0.15) is 5.10 Å². The fraction of sp³-hybridized carbons (Fsp3) is 0.500. The van der Waals surface area contributed by atoms with Crippen LogP contribution in [0.3, 0.4) is 0 Å². The number of aromatic nitrogens is 3. The molecule has 0 radical (unpaired) electrons. The molecular formula is C26H34N6O3.